The van der Waals surface area contributed by atoms with Gasteiger partial charge in [-0.15, -0.1) is 0 Å². The van der Waals surface area contributed by atoms with Crippen LogP contribution in [0.15, 0.2) is 0 Å². The molecule has 0 radical (unpaired) electrons. The lowest BCUT2D eigenvalue weighted by molar-refractivity contribution is 0.335. The van der Waals surface area contributed by atoms with E-state index in [4.69, 9.17) is 5.73 Å². The van der Waals surface area contributed by atoms with Crippen molar-refractivity contribution in [3.05, 3.63) is 0 Å². The molecule has 1 heterocycles. The zero-order chi connectivity index (χ0) is 5.98. The molecule has 0 spiro atoms. The highest BCUT2D eigenvalue weighted by Gasteiger charge is 2.07. The minimum Gasteiger partial charge on any atom is -0.484 e. The normalized spacial score (nSPS) is 26.2. The van der Waals surface area contributed by atoms with Crippen molar-refractivity contribution in [2.45, 2.75) is 18.9 Å². The lowest BCUT2D eigenvalue weighted by atomic mass is 10.0. The summed E-state index contributed by atoms with van der Waals surface area (Å²) in [5.74, 6) is 0. The Morgan fingerprint density at radius 3 is 2.25 bits per heavy atom. The molecule has 0 aliphatic carbocycles. The summed E-state index contributed by atoms with van der Waals surface area (Å²) in [5.41, 5.74) is 5.70. The Morgan fingerprint density at radius 1 is 1.38 bits per heavy atom. The van der Waals surface area contributed by atoms with E-state index in [0.717, 1.165) is 0 Å². The molecule has 0 bridgehead atoms. The van der Waals surface area contributed by atoms with Crippen LogP contribution in [0.25, 0.3) is 0 Å². The van der Waals surface area contributed by atoms with Crippen molar-refractivity contribution >= 4 is 7.98 Å². The van der Waals surface area contributed by atoms with Crippen molar-refractivity contribution in [3.8, 4) is 0 Å². The maximum absolute atomic E-state index is 5.70. The van der Waals surface area contributed by atoms with Crippen molar-refractivity contribution in [2.75, 3.05) is 13.1 Å². The topological polar surface area (TPSA) is 29.3 Å². The van der Waals surface area contributed by atoms with E-state index in [1.54, 1.807) is 0 Å². The molecule has 0 aromatic carbocycles. The van der Waals surface area contributed by atoms with Crippen molar-refractivity contribution in [1.29, 1.82) is 0 Å². The lowest BCUT2D eigenvalue weighted by Gasteiger charge is -2.31. The van der Waals surface area contributed by atoms with Gasteiger partial charge in [0.05, 0.1) is 0 Å². The number of nitrogens with two attached hydrogens (primary N) is 1. The fourth-order valence-electron chi connectivity index (χ4n) is 0.770. The molecule has 8 heavy (non-hydrogen) atoms. The second kappa shape index (κ2) is 2.51. The molecule has 1 saturated heterocycles. The molecule has 1 rings (SSSR count). The van der Waals surface area contributed by atoms with Gasteiger partial charge in [-0.05, 0) is 25.9 Å². The minimum atomic E-state index is 0.480. The average Bonchev–Trinajstić information content (AvgIpc) is 1.77. The third-order valence-electron chi connectivity index (χ3n) is 1.32. The van der Waals surface area contributed by atoms with E-state index >= 15 is 0 Å². The second-order valence-electron chi connectivity index (χ2n) is 2.01. The molecule has 0 unspecified atom stereocenters. The zero-order valence-corrected chi connectivity index (χ0v) is 4.43. The van der Waals surface area contributed by atoms with Gasteiger partial charge in [0.1, 0.15) is 0 Å². The molecule has 0 amide bonds. The van der Waals surface area contributed by atoms with Crippen LogP contribution in [0.3, 0.4) is 0 Å². The summed E-state index contributed by atoms with van der Waals surface area (Å²) in [4.78, 5) is 2.57. The molecule has 0 atom stereocenters. The first-order chi connectivity index (χ1) is 3.79. The van der Waals surface area contributed by atoms with Crippen LogP contribution < -0.4 is 5.73 Å². The molecular formula is C5H14BN2-. The van der Waals surface area contributed by atoms with E-state index < -0.39 is 0 Å². The highest BCUT2D eigenvalue weighted by Crippen LogP contribution is 2.03. The molecule has 1 aliphatic rings. The molecule has 0 aromatic rings. The Bertz CT molecular complexity index is 58.8. The van der Waals surface area contributed by atoms with Crippen LogP contribution in [0.2, 0.25) is 0 Å². The predicted molar refractivity (Wildman–Crippen MR) is 38.7 cm³/mol. The van der Waals surface area contributed by atoms with Gasteiger partial charge in [0.15, 0.2) is 0 Å². The van der Waals surface area contributed by atoms with E-state index in [-0.39, 0.29) is 0 Å². The standard InChI is InChI=1S/C5H14BN2/c6-8-3-1-5(7)2-4-8/h5H,1-4,7H2,6H3/q-1. The van der Waals surface area contributed by atoms with Gasteiger partial charge < -0.3 is 10.5 Å². The Kier molecular flexibility index (Phi) is 1.92. The van der Waals surface area contributed by atoms with E-state index in [1.807, 2.05) is 0 Å². The van der Waals surface area contributed by atoms with Gasteiger partial charge in [-0.25, -0.2) is 0 Å². The van der Waals surface area contributed by atoms with Crippen LogP contribution in [-0.4, -0.2) is 31.9 Å². The monoisotopic (exact) mass is 113 g/mol. The molecule has 0 aromatic heterocycles. The Morgan fingerprint density at radius 2 is 1.88 bits per heavy atom. The van der Waals surface area contributed by atoms with E-state index in [1.165, 1.54) is 25.9 Å². The van der Waals surface area contributed by atoms with Crippen molar-refractivity contribution in [1.82, 2.24) is 4.81 Å². The molecule has 0 saturated carbocycles. The molecule has 1 fully saturated rings. The third-order valence-corrected chi connectivity index (χ3v) is 1.32. The average molecular weight is 113 g/mol. The maximum atomic E-state index is 5.70. The van der Waals surface area contributed by atoms with Gasteiger partial charge in [0.25, 0.3) is 0 Å². The minimum absolute atomic E-state index is 0.480. The van der Waals surface area contributed by atoms with Crippen LogP contribution in [0.4, 0.5) is 0 Å². The van der Waals surface area contributed by atoms with Gasteiger partial charge in [-0.1, -0.05) is 0 Å². The van der Waals surface area contributed by atoms with E-state index in [9.17, 15) is 0 Å². The fourth-order valence-corrected chi connectivity index (χ4v) is 0.770. The highest BCUT2D eigenvalue weighted by molar-refractivity contribution is 6.04. The van der Waals surface area contributed by atoms with E-state index in [2.05, 4.69) is 4.81 Å². The molecule has 3 heteroatoms. The Hall–Kier alpha value is -0.0151. The first-order valence-electron chi connectivity index (χ1n) is 2.78. The van der Waals surface area contributed by atoms with Crippen LogP contribution in [0.1, 0.15) is 12.8 Å². The van der Waals surface area contributed by atoms with Crippen molar-refractivity contribution < 1.29 is 0 Å². The third kappa shape index (κ3) is 1.49. The van der Waals surface area contributed by atoms with Crippen LogP contribution in [0, 0.1) is 0 Å². The fraction of sp³-hybridized carbons (Fsp3) is 1.00. The number of hydrogen-bond acceptors (Lipinski definition) is 2. The van der Waals surface area contributed by atoms with Gasteiger partial charge in [0.2, 0.25) is 0 Å². The largest absolute Gasteiger partial charge is 0.484 e. The summed E-state index contributed by atoms with van der Waals surface area (Å²) in [6.45, 7) is 2.59. The summed E-state index contributed by atoms with van der Waals surface area (Å²) >= 11 is 0. The molecule has 48 valence electrons. The van der Waals surface area contributed by atoms with Crippen LogP contribution >= 0.6 is 0 Å². The van der Waals surface area contributed by atoms with Gasteiger partial charge in [-0.3, -0.25) is 0 Å². The predicted octanol–water partition coefficient (Wildman–Crippen LogP) is -1.31. The number of nitrogens with zero attached hydrogens (tertiary/aromatic N) is 1. The van der Waals surface area contributed by atoms with Crippen LogP contribution in [-0.2, 0) is 0 Å². The summed E-state index contributed by atoms with van der Waals surface area (Å²) in [7, 11) is 0.480. The number of rotatable bonds is 0. The Labute approximate surface area is 51.5 Å². The Balaban J connectivity index is 2.19. The summed E-state index contributed by atoms with van der Waals surface area (Å²) in [5, 5.41) is 0. The first kappa shape index (κ1) is 6.11. The maximum Gasteiger partial charge on any atom is 0.0145 e. The zero-order valence-electron chi connectivity index (χ0n) is 4.43. The smallest absolute Gasteiger partial charge is 0.0145 e. The second-order valence-corrected chi connectivity index (χ2v) is 2.01. The highest BCUT2D eigenvalue weighted by atomic mass is 15.0. The molecule has 2 N–H and O–H groups in total. The van der Waals surface area contributed by atoms with Gasteiger partial charge in [-0.2, -0.15) is 0 Å². The quantitative estimate of drug-likeness (QED) is 0.395. The molecule has 1 aliphatic heterocycles. The SMILES string of the molecule is [BH3-]N1CCC(N)CC1. The number of hydrogen-bond donors (Lipinski definition) is 1. The van der Waals surface area contributed by atoms with E-state index in [0.29, 0.717) is 14.0 Å². The summed E-state index contributed by atoms with van der Waals surface area (Å²) in [6.07, 6.45) is 2.48. The molecule has 2 nitrogen and oxygen atoms in total. The first-order valence-corrected chi connectivity index (χ1v) is 2.78. The van der Waals surface area contributed by atoms with Crippen molar-refractivity contribution in [2.24, 2.45) is 5.73 Å². The lowest BCUT2D eigenvalue weighted by Crippen LogP contribution is -2.38. The van der Waals surface area contributed by atoms with Gasteiger partial charge in [0, 0.05) is 14.0 Å². The summed E-state index contributed by atoms with van der Waals surface area (Å²) in [6, 6.07) is 0.518. The number of piperidine rings is 1. The summed E-state index contributed by atoms with van der Waals surface area (Å²) < 4.78 is 0. The van der Waals surface area contributed by atoms with Crippen molar-refractivity contribution in [3.63, 3.8) is 0 Å². The molecular weight excluding hydrogens is 98.9 g/mol. The van der Waals surface area contributed by atoms with Gasteiger partial charge >= 0.3 is 0 Å². The van der Waals surface area contributed by atoms with Crippen LogP contribution in [0.5, 0.6) is 0 Å².